The zero-order valence-corrected chi connectivity index (χ0v) is 15.4. The van der Waals surface area contributed by atoms with Gasteiger partial charge in [-0.15, -0.1) is 11.8 Å². The van der Waals surface area contributed by atoms with Crippen LogP contribution in [0.3, 0.4) is 0 Å². The van der Waals surface area contributed by atoms with E-state index in [9.17, 15) is 18.8 Å². The molecule has 0 aromatic heterocycles. The van der Waals surface area contributed by atoms with Crippen molar-refractivity contribution in [3.63, 3.8) is 0 Å². The molecule has 142 valence electrons. The number of thioether (sulfide) groups is 1. The molecule has 0 heterocycles. The topological polar surface area (TPSA) is 84.5 Å². The molecule has 1 fully saturated rings. The van der Waals surface area contributed by atoms with Crippen LogP contribution in [-0.2, 0) is 19.1 Å². The fraction of sp³-hybridized carbons (Fsp3) is 0.500. The van der Waals surface area contributed by atoms with E-state index in [0.29, 0.717) is 5.69 Å². The SMILES string of the molecule is C[C@H](SCC(=O)Nc1ccc(F)cc1)C(=O)OCC(=O)NC1CCCC1. The number of nitrogens with one attached hydrogen (secondary N) is 2. The number of amides is 2. The minimum Gasteiger partial charge on any atom is -0.455 e. The first-order valence-corrected chi connectivity index (χ1v) is 9.62. The summed E-state index contributed by atoms with van der Waals surface area (Å²) in [6.07, 6.45) is 4.15. The summed E-state index contributed by atoms with van der Waals surface area (Å²) in [6, 6.07) is 5.60. The van der Waals surface area contributed by atoms with Crippen LogP contribution in [0.15, 0.2) is 24.3 Å². The van der Waals surface area contributed by atoms with Crippen LogP contribution in [0.5, 0.6) is 0 Å². The van der Waals surface area contributed by atoms with Gasteiger partial charge in [-0.3, -0.25) is 14.4 Å². The van der Waals surface area contributed by atoms with E-state index in [1.807, 2.05) is 0 Å². The van der Waals surface area contributed by atoms with Gasteiger partial charge in [-0.25, -0.2) is 4.39 Å². The Morgan fingerprint density at radius 1 is 1.19 bits per heavy atom. The normalized spacial score (nSPS) is 15.3. The molecule has 0 bridgehead atoms. The molecule has 1 aromatic rings. The molecule has 2 rings (SSSR count). The predicted molar refractivity (Wildman–Crippen MR) is 98.3 cm³/mol. The second kappa shape index (κ2) is 10.2. The Hall–Kier alpha value is -2.09. The van der Waals surface area contributed by atoms with Crippen molar-refractivity contribution in [2.45, 2.75) is 43.9 Å². The summed E-state index contributed by atoms with van der Waals surface area (Å²) in [6.45, 7) is 1.31. The molecule has 0 aliphatic heterocycles. The number of anilines is 1. The van der Waals surface area contributed by atoms with Crippen LogP contribution in [-0.4, -0.2) is 41.4 Å². The molecule has 2 amide bonds. The molecule has 1 saturated carbocycles. The lowest BCUT2D eigenvalue weighted by Crippen LogP contribution is -2.36. The highest BCUT2D eigenvalue weighted by Crippen LogP contribution is 2.17. The zero-order chi connectivity index (χ0) is 18.9. The second-order valence-corrected chi connectivity index (χ2v) is 7.49. The van der Waals surface area contributed by atoms with Crippen LogP contribution >= 0.6 is 11.8 Å². The molecule has 26 heavy (non-hydrogen) atoms. The summed E-state index contributed by atoms with van der Waals surface area (Å²) in [4.78, 5) is 35.5. The summed E-state index contributed by atoms with van der Waals surface area (Å²) in [5, 5.41) is 4.88. The van der Waals surface area contributed by atoms with Crippen LogP contribution in [0.25, 0.3) is 0 Å². The summed E-state index contributed by atoms with van der Waals surface area (Å²) >= 11 is 1.11. The maximum atomic E-state index is 12.8. The van der Waals surface area contributed by atoms with E-state index >= 15 is 0 Å². The number of carbonyl (C=O) groups excluding carboxylic acids is 3. The number of halogens is 1. The Balaban J connectivity index is 1.63. The lowest BCUT2D eigenvalue weighted by molar-refractivity contribution is -0.147. The zero-order valence-electron chi connectivity index (χ0n) is 14.6. The van der Waals surface area contributed by atoms with E-state index in [1.165, 1.54) is 24.3 Å². The molecule has 1 aliphatic carbocycles. The molecular weight excluding hydrogens is 359 g/mol. The van der Waals surface area contributed by atoms with Crippen LogP contribution < -0.4 is 10.6 Å². The first-order valence-electron chi connectivity index (χ1n) is 8.57. The largest absolute Gasteiger partial charge is 0.455 e. The minimum atomic E-state index is -0.576. The molecule has 8 heteroatoms. The standard InChI is InChI=1S/C18H23FN2O4S/c1-12(18(24)25-10-16(22)20-14-4-2-3-5-14)26-11-17(23)21-15-8-6-13(19)7-9-15/h6-9,12,14H,2-5,10-11H2,1H3,(H,20,22)(H,21,23)/t12-/m0/s1. The van der Waals surface area contributed by atoms with Crippen LogP contribution in [0.4, 0.5) is 10.1 Å². The van der Waals surface area contributed by atoms with E-state index in [1.54, 1.807) is 6.92 Å². The number of carbonyl (C=O) groups is 3. The Bertz CT molecular complexity index is 633. The van der Waals surface area contributed by atoms with Gasteiger partial charge in [0, 0.05) is 11.7 Å². The van der Waals surface area contributed by atoms with Crippen molar-refractivity contribution in [1.82, 2.24) is 5.32 Å². The van der Waals surface area contributed by atoms with Gasteiger partial charge in [-0.05, 0) is 44.0 Å². The highest BCUT2D eigenvalue weighted by Gasteiger charge is 2.20. The van der Waals surface area contributed by atoms with E-state index in [-0.39, 0.29) is 36.0 Å². The van der Waals surface area contributed by atoms with Gasteiger partial charge < -0.3 is 15.4 Å². The fourth-order valence-electron chi connectivity index (χ4n) is 2.59. The summed E-state index contributed by atoms with van der Waals surface area (Å²) in [5.41, 5.74) is 0.482. The third-order valence-electron chi connectivity index (χ3n) is 3.99. The summed E-state index contributed by atoms with van der Waals surface area (Å²) < 4.78 is 17.8. The van der Waals surface area contributed by atoms with Crippen molar-refractivity contribution in [2.75, 3.05) is 17.7 Å². The molecule has 6 nitrogen and oxygen atoms in total. The van der Waals surface area contributed by atoms with E-state index in [4.69, 9.17) is 4.74 Å². The third kappa shape index (κ3) is 7.03. The summed E-state index contributed by atoms with van der Waals surface area (Å²) in [5.74, 6) is -1.48. The van der Waals surface area contributed by atoms with Crippen molar-refractivity contribution >= 4 is 35.2 Å². The van der Waals surface area contributed by atoms with Gasteiger partial charge >= 0.3 is 5.97 Å². The van der Waals surface area contributed by atoms with Gasteiger partial charge in [0.15, 0.2) is 6.61 Å². The monoisotopic (exact) mass is 382 g/mol. The molecule has 1 aromatic carbocycles. The molecular formula is C18H23FN2O4S. The number of rotatable bonds is 8. The van der Waals surface area contributed by atoms with Crippen LogP contribution in [0.1, 0.15) is 32.6 Å². The highest BCUT2D eigenvalue weighted by atomic mass is 32.2. The molecule has 1 aliphatic rings. The maximum absolute atomic E-state index is 12.8. The minimum absolute atomic E-state index is 0.0436. The Morgan fingerprint density at radius 3 is 2.50 bits per heavy atom. The van der Waals surface area contributed by atoms with Crippen LogP contribution in [0.2, 0.25) is 0 Å². The fourth-order valence-corrected chi connectivity index (χ4v) is 3.27. The first kappa shape index (κ1) is 20.2. The lowest BCUT2D eigenvalue weighted by Gasteiger charge is -2.14. The van der Waals surface area contributed by atoms with Crippen molar-refractivity contribution in [2.24, 2.45) is 0 Å². The van der Waals surface area contributed by atoms with Crippen molar-refractivity contribution in [3.8, 4) is 0 Å². The molecule has 1 atom stereocenters. The molecule has 2 N–H and O–H groups in total. The second-order valence-electron chi connectivity index (χ2n) is 6.16. The smallest absolute Gasteiger partial charge is 0.319 e. The number of ether oxygens (including phenoxy) is 1. The van der Waals surface area contributed by atoms with Crippen LogP contribution in [0, 0.1) is 5.82 Å². The van der Waals surface area contributed by atoms with Gasteiger partial charge in [-0.2, -0.15) is 0 Å². The summed E-state index contributed by atoms with van der Waals surface area (Å²) in [7, 11) is 0. The predicted octanol–water partition coefficient (Wildman–Crippen LogP) is 2.49. The molecule has 0 radical (unpaired) electrons. The third-order valence-corrected chi connectivity index (χ3v) is 5.11. The van der Waals surface area contributed by atoms with Crippen molar-refractivity contribution in [3.05, 3.63) is 30.1 Å². The quantitative estimate of drug-likeness (QED) is 0.675. The highest BCUT2D eigenvalue weighted by molar-refractivity contribution is 8.01. The van der Waals surface area contributed by atoms with Crippen molar-refractivity contribution < 1.29 is 23.5 Å². The Labute approximate surface area is 156 Å². The van der Waals surface area contributed by atoms with E-state index in [0.717, 1.165) is 37.4 Å². The van der Waals surface area contributed by atoms with Gasteiger partial charge in [0.2, 0.25) is 5.91 Å². The van der Waals surface area contributed by atoms with E-state index in [2.05, 4.69) is 10.6 Å². The Kier molecular flexibility index (Phi) is 7.90. The van der Waals surface area contributed by atoms with Gasteiger partial charge in [0.1, 0.15) is 11.1 Å². The average molecular weight is 382 g/mol. The average Bonchev–Trinajstić information content (AvgIpc) is 3.12. The number of esters is 1. The van der Waals surface area contributed by atoms with Gasteiger partial charge in [0.25, 0.3) is 5.91 Å². The molecule has 0 spiro atoms. The van der Waals surface area contributed by atoms with Gasteiger partial charge in [-0.1, -0.05) is 12.8 Å². The first-order chi connectivity index (χ1) is 12.4. The Morgan fingerprint density at radius 2 is 1.85 bits per heavy atom. The van der Waals surface area contributed by atoms with Crippen molar-refractivity contribution in [1.29, 1.82) is 0 Å². The number of benzene rings is 1. The molecule has 0 unspecified atom stereocenters. The van der Waals surface area contributed by atoms with E-state index < -0.39 is 11.2 Å². The lowest BCUT2D eigenvalue weighted by atomic mass is 10.2. The van der Waals surface area contributed by atoms with Gasteiger partial charge in [0.05, 0.1) is 5.75 Å². The molecule has 0 saturated heterocycles. The number of hydrogen-bond acceptors (Lipinski definition) is 5. The number of hydrogen-bond donors (Lipinski definition) is 2. The maximum Gasteiger partial charge on any atom is 0.319 e.